The molecule has 0 fully saturated rings. The number of carbonyl (C=O) groups is 1. The first-order chi connectivity index (χ1) is 8.29. The van der Waals surface area contributed by atoms with Gasteiger partial charge in [-0.05, 0) is 31.2 Å². The number of rotatable bonds is 2. The van der Waals surface area contributed by atoms with Gasteiger partial charge < -0.3 is 9.52 Å². The Hall–Kier alpha value is -1.98. The average molecular weight is 258 g/mol. The maximum Gasteiger partial charge on any atom is 0.416 e. The Morgan fingerprint density at radius 2 is 2.00 bits per heavy atom. The largest absolute Gasteiger partial charge is 0.481 e. The van der Waals surface area contributed by atoms with Crippen molar-refractivity contribution in [1.82, 2.24) is 0 Å². The molecule has 0 spiro atoms. The predicted molar refractivity (Wildman–Crippen MR) is 57.3 cm³/mol. The van der Waals surface area contributed by atoms with E-state index in [0.29, 0.717) is 0 Å². The minimum absolute atomic E-state index is 0.136. The fourth-order valence-electron chi connectivity index (χ4n) is 1.58. The van der Waals surface area contributed by atoms with E-state index in [1.165, 1.54) is 19.1 Å². The number of halogens is 3. The molecule has 0 aliphatic carbocycles. The van der Waals surface area contributed by atoms with E-state index in [1.54, 1.807) is 0 Å². The second-order valence-electron chi connectivity index (χ2n) is 3.96. The maximum atomic E-state index is 12.5. The van der Waals surface area contributed by atoms with E-state index in [9.17, 15) is 18.0 Å². The lowest BCUT2D eigenvalue weighted by molar-refractivity contribution is -0.139. The van der Waals surface area contributed by atoms with Gasteiger partial charge in [0.15, 0.2) is 0 Å². The van der Waals surface area contributed by atoms with Crippen molar-refractivity contribution >= 4 is 16.9 Å². The molecule has 1 unspecified atom stereocenters. The third-order valence-electron chi connectivity index (χ3n) is 2.66. The number of furan rings is 1. The molecule has 1 aromatic heterocycles. The van der Waals surface area contributed by atoms with Crippen LogP contribution in [0.1, 0.15) is 24.2 Å². The summed E-state index contributed by atoms with van der Waals surface area (Å²) < 4.78 is 42.7. The number of hydrogen-bond acceptors (Lipinski definition) is 2. The highest BCUT2D eigenvalue weighted by molar-refractivity contribution is 5.82. The summed E-state index contributed by atoms with van der Waals surface area (Å²) in [5, 5.41) is 9.05. The molecule has 0 saturated carbocycles. The number of carboxylic acids is 1. The summed E-state index contributed by atoms with van der Waals surface area (Å²) in [6, 6.07) is 4.36. The van der Waals surface area contributed by atoms with Gasteiger partial charge in [-0.25, -0.2) is 0 Å². The Bertz CT molecular complexity index is 598. The highest BCUT2D eigenvalue weighted by Gasteiger charge is 2.31. The molecule has 1 N–H and O–H groups in total. The van der Waals surface area contributed by atoms with Crippen molar-refractivity contribution in [2.45, 2.75) is 19.0 Å². The third-order valence-corrected chi connectivity index (χ3v) is 2.66. The molecule has 1 heterocycles. The molecule has 18 heavy (non-hydrogen) atoms. The number of aliphatic carboxylic acids is 1. The van der Waals surface area contributed by atoms with Crippen LogP contribution in [0.15, 0.2) is 28.7 Å². The lowest BCUT2D eigenvalue weighted by Gasteiger charge is -2.05. The molecule has 3 nitrogen and oxygen atoms in total. The second kappa shape index (κ2) is 4.04. The Balaban J connectivity index is 2.49. The van der Waals surface area contributed by atoms with Crippen LogP contribution in [0.25, 0.3) is 11.0 Å². The van der Waals surface area contributed by atoms with Crippen LogP contribution in [0.2, 0.25) is 0 Å². The van der Waals surface area contributed by atoms with Gasteiger partial charge in [0.05, 0.1) is 5.56 Å². The smallest absolute Gasteiger partial charge is 0.416 e. The Kier molecular flexibility index (Phi) is 2.80. The third kappa shape index (κ3) is 2.18. The summed E-state index contributed by atoms with van der Waals surface area (Å²) in [5.74, 6) is -1.85. The van der Waals surface area contributed by atoms with E-state index in [2.05, 4.69) is 0 Å². The lowest BCUT2D eigenvalue weighted by Crippen LogP contribution is -2.05. The van der Waals surface area contributed by atoms with Crippen molar-refractivity contribution in [3.8, 4) is 0 Å². The summed E-state index contributed by atoms with van der Waals surface area (Å²) in [4.78, 5) is 10.8. The van der Waals surface area contributed by atoms with Crippen molar-refractivity contribution in [3.63, 3.8) is 0 Å². The molecule has 0 aliphatic rings. The molecule has 1 atom stereocenters. The number of benzene rings is 1. The van der Waals surface area contributed by atoms with Crippen molar-refractivity contribution in [3.05, 3.63) is 35.6 Å². The molecule has 0 bridgehead atoms. The van der Waals surface area contributed by atoms with Gasteiger partial charge in [-0.15, -0.1) is 0 Å². The first-order valence-corrected chi connectivity index (χ1v) is 5.12. The normalized spacial score (nSPS) is 13.8. The molecule has 6 heteroatoms. The van der Waals surface area contributed by atoms with Crippen LogP contribution in [-0.2, 0) is 11.0 Å². The van der Waals surface area contributed by atoms with Crippen LogP contribution in [0.3, 0.4) is 0 Å². The van der Waals surface area contributed by atoms with Crippen molar-refractivity contribution < 1.29 is 27.5 Å². The molecule has 2 rings (SSSR count). The lowest BCUT2D eigenvalue weighted by atomic mass is 10.1. The molecule has 0 saturated heterocycles. The Labute approximate surface area is 99.8 Å². The van der Waals surface area contributed by atoms with Gasteiger partial charge in [-0.2, -0.15) is 13.2 Å². The molecule has 2 aromatic rings. The van der Waals surface area contributed by atoms with Crippen LogP contribution >= 0.6 is 0 Å². The first kappa shape index (κ1) is 12.5. The van der Waals surface area contributed by atoms with Gasteiger partial charge in [0.25, 0.3) is 0 Å². The molecular weight excluding hydrogens is 249 g/mol. The highest BCUT2D eigenvalue weighted by Crippen LogP contribution is 2.33. The summed E-state index contributed by atoms with van der Waals surface area (Å²) in [6.07, 6.45) is -4.43. The quantitative estimate of drug-likeness (QED) is 0.894. The molecule has 0 amide bonds. The molecule has 0 radical (unpaired) electrons. The molecule has 96 valence electrons. The summed E-state index contributed by atoms with van der Waals surface area (Å²) in [6.45, 7) is 1.41. The van der Waals surface area contributed by atoms with Gasteiger partial charge >= 0.3 is 12.1 Å². The van der Waals surface area contributed by atoms with Gasteiger partial charge in [0.2, 0.25) is 0 Å². The van der Waals surface area contributed by atoms with E-state index in [-0.39, 0.29) is 16.7 Å². The topological polar surface area (TPSA) is 50.4 Å². The standard InChI is InChI=1S/C12H9F3O3/c1-6(11(16)17)10-5-7-4-8(12(13,14)15)2-3-9(7)18-10/h2-6H,1H3,(H,16,17). The van der Waals surface area contributed by atoms with E-state index in [1.807, 2.05) is 0 Å². The fourth-order valence-corrected chi connectivity index (χ4v) is 1.58. The van der Waals surface area contributed by atoms with Crippen LogP contribution in [-0.4, -0.2) is 11.1 Å². The Morgan fingerprint density at radius 3 is 2.56 bits per heavy atom. The fraction of sp³-hybridized carbons (Fsp3) is 0.250. The number of fused-ring (bicyclic) bond motifs is 1. The van der Waals surface area contributed by atoms with E-state index in [0.717, 1.165) is 12.1 Å². The van der Waals surface area contributed by atoms with Gasteiger partial charge in [0.1, 0.15) is 17.3 Å². The Morgan fingerprint density at radius 1 is 1.33 bits per heavy atom. The van der Waals surface area contributed by atoms with Crippen molar-refractivity contribution in [2.24, 2.45) is 0 Å². The van der Waals surface area contributed by atoms with Crippen LogP contribution in [0.4, 0.5) is 13.2 Å². The van der Waals surface area contributed by atoms with Crippen LogP contribution in [0.5, 0.6) is 0 Å². The summed E-state index contributed by atoms with van der Waals surface area (Å²) in [5.41, 5.74) is -0.545. The predicted octanol–water partition coefficient (Wildman–Crippen LogP) is 3.64. The number of hydrogen-bond donors (Lipinski definition) is 1. The first-order valence-electron chi connectivity index (χ1n) is 5.12. The minimum Gasteiger partial charge on any atom is -0.481 e. The van der Waals surface area contributed by atoms with Crippen molar-refractivity contribution in [2.75, 3.05) is 0 Å². The zero-order chi connectivity index (χ0) is 13.5. The molecular formula is C12H9F3O3. The minimum atomic E-state index is -4.43. The summed E-state index contributed by atoms with van der Waals surface area (Å²) in [7, 11) is 0. The monoisotopic (exact) mass is 258 g/mol. The van der Waals surface area contributed by atoms with Gasteiger partial charge in [0, 0.05) is 5.39 Å². The highest BCUT2D eigenvalue weighted by atomic mass is 19.4. The zero-order valence-corrected chi connectivity index (χ0v) is 9.28. The van der Waals surface area contributed by atoms with Crippen LogP contribution < -0.4 is 0 Å². The van der Waals surface area contributed by atoms with Crippen molar-refractivity contribution in [1.29, 1.82) is 0 Å². The summed E-state index contributed by atoms with van der Waals surface area (Å²) >= 11 is 0. The van der Waals surface area contributed by atoms with E-state index in [4.69, 9.17) is 9.52 Å². The van der Waals surface area contributed by atoms with E-state index < -0.39 is 23.6 Å². The molecule has 1 aromatic carbocycles. The van der Waals surface area contributed by atoms with E-state index >= 15 is 0 Å². The molecule has 0 aliphatic heterocycles. The van der Waals surface area contributed by atoms with Crippen LogP contribution in [0, 0.1) is 0 Å². The SMILES string of the molecule is CC(C(=O)O)c1cc2cc(C(F)(F)F)ccc2o1. The number of alkyl halides is 3. The van der Waals surface area contributed by atoms with Gasteiger partial charge in [-0.1, -0.05) is 0 Å². The second-order valence-corrected chi connectivity index (χ2v) is 3.96. The maximum absolute atomic E-state index is 12.5. The number of carboxylic acid groups (broad SMARTS) is 1. The zero-order valence-electron chi connectivity index (χ0n) is 9.28. The average Bonchev–Trinajstić information content (AvgIpc) is 2.68. The van der Waals surface area contributed by atoms with Gasteiger partial charge in [-0.3, -0.25) is 4.79 Å².